The van der Waals surface area contributed by atoms with Gasteiger partial charge in [-0.1, -0.05) is 29.4 Å². The van der Waals surface area contributed by atoms with Crippen molar-refractivity contribution >= 4 is 5.84 Å². The summed E-state index contributed by atoms with van der Waals surface area (Å²) in [6.45, 7) is 0.924. The third-order valence-corrected chi connectivity index (χ3v) is 5.63. The van der Waals surface area contributed by atoms with Crippen molar-refractivity contribution in [3.05, 3.63) is 35.4 Å². The minimum absolute atomic E-state index is 0.165. The number of nitrogens with one attached hydrogen (secondary N) is 1. The van der Waals surface area contributed by atoms with Crippen LogP contribution in [0.4, 0.5) is 0 Å². The Hall–Kier alpha value is -1.55. The number of hydrogen-bond donors (Lipinski definition) is 3. The van der Waals surface area contributed by atoms with E-state index in [1.165, 1.54) is 24.8 Å². The van der Waals surface area contributed by atoms with Gasteiger partial charge in [0.15, 0.2) is 5.84 Å². The highest BCUT2D eigenvalue weighted by molar-refractivity contribution is 5.96. The van der Waals surface area contributed by atoms with Gasteiger partial charge in [0, 0.05) is 18.2 Å². The Balaban J connectivity index is 1.35. The highest BCUT2D eigenvalue weighted by atomic mass is 16.4. The normalized spacial score (nSPS) is 38.0. The fourth-order valence-corrected chi connectivity index (χ4v) is 4.68. The first-order chi connectivity index (χ1) is 9.78. The van der Waals surface area contributed by atoms with Gasteiger partial charge in [-0.15, -0.1) is 0 Å². The molecule has 4 heteroatoms. The average molecular weight is 271 g/mol. The third kappa shape index (κ3) is 1.82. The Morgan fingerprint density at radius 2 is 1.85 bits per heavy atom. The first-order valence-electron chi connectivity index (χ1n) is 7.58. The van der Waals surface area contributed by atoms with E-state index in [4.69, 9.17) is 10.9 Å². The maximum atomic E-state index is 8.64. The molecule has 4 rings (SSSR count). The Morgan fingerprint density at radius 3 is 2.45 bits per heavy atom. The molecule has 3 aliphatic carbocycles. The fourth-order valence-electron chi connectivity index (χ4n) is 4.68. The van der Waals surface area contributed by atoms with E-state index in [-0.39, 0.29) is 5.84 Å². The molecule has 0 spiro atoms. The number of benzene rings is 1. The number of nitrogens with two attached hydrogens (primary N) is 1. The summed E-state index contributed by atoms with van der Waals surface area (Å²) in [5.41, 5.74) is 7.58. The van der Waals surface area contributed by atoms with Crippen LogP contribution in [0.5, 0.6) is 0 Å². The predicted molar refractivity (Wildman–Crippen MR) is 77.4 cm³/mol. The number of nitrogens with zero attached hydrogens (tertiary/aromatic N) is 1. The summed E-state index contributed by atoms with van der Waals surface area (Å²) in [6, 6.07) is 8.68. The topological polar surface area (TPSA) is 70.6 Å². The van der Waals surface area contributed by atoms with Crippen LogP contribution in [0.2, 0.25) is 0 Å². The number of hydrogen-bond acceptors (Lipinski definition) is 3. The number of fused-ring (bicyclic) bond motifs is 5. The van der Waals surface area contributed by atoms with E-state index in [2.05, 4.69) is 10.5 Å². The maximum Gasteiger partial charge on any atom is 0.170 e. The molecule has 0 radical (unpaired) electrons. The van der Waals surface area contributed by atoms with E-state index in [1.807, 2.05) is 24.3 Å². The van der Waals surface area contributed by atoms with Gasteiger partial charge in [-0.05, 0) is 48.5 Å². The van der Waals surface area contributed by atoms with Gasteiger partial charge in [0.05, 0.1) is 0 Å². The average Bonchev–Trinajstić information content (AvgIpc) is 2.88. The van der Waals surface area contributed by atoms with Crippen LogP contribution in [-0.4, -0.2) is 17.1 Å². The Labute approximate surface area is 119 Å². The van der Waals surface area contributed by atoms with E-state index in [1.54, 1.807) is 0 Å². The summed E-state index contributed by atoms with van der Waals surface area (Å²) in [7, 11) is 0. The molecule has 0 heterocycles. The summed E-state index contributed by atoms with van der Waals surface area (Å²) in [6.07, 6.45) is 4.44. The molecule has 1 aromatic carbocycles. The van der Waals surface area contributed by atoms with Gasteiger partial charge in [-0.2, -0.15) is 0 Å². The molecule has 4 N–H and O–H groups in total. The molecule has 20 heavy (non-hydrogen) atoms. The smallest absolute Gasteiger partial charge is 0.170 e. The second kappa shape index (κ2) is 4.48. The number of oxime groups is 1. The second-order valence-electron chi connectivity index (χ2n) is 6.58. The summed E-state index contributed by atoms with van der Waals surface area (Å²) in [5, 5.41) is 15.4. The minimum atomic E-state index is 0.165. The molecule has 3 aliphatic rings. The zero-order chi connectivity index (χ0) is 13.7. The molecule has 0 aromatic heterocycles. The van der Waals surface area contributed by atoms with Gasteiger partial charge in [0.1, 0.15) is 0 Å². The lowest BCUT2D eigenvalue weighted by molar-refractivity contribution is 0.318. The van der Waals surface area contributed by atoms with Crippen LogP contribution in [-0.2, 0) is 6.54 Å². The molecule has 4 nitrogen and oxygen atoms in total. The van der Waals surface area contributed by atoms with E-state index in [0.29, 0.717) is 0 Å². The van der Waals surface area contributed by atoms with Crippen LogP contribution >= 0.6 is 0 Å². The predicted octanol–water partition coefficient (Wildman–Crippen LogP) is 1.92. The SMILES string of the molecule is N/C(=N/O)c1ccc(CNC2C3C4CCC(C4)C23)cc1. The number of rotatable bonds is 4. The van der Waals surface area contributed by atoms with Crippen molar-refractivity contribution in [3.63, 3.8) is 0 Å². The fraction of sp³-hybridized carbons (Fsp3) is 0.562. The van der Waals surface area contributed by atoms with Crippen molar-refractivity contribution in [3.8, 4) is 0 Å². The first kappa shape index (κ1) is 12.2. The zero-order valence-electron chi connectivity index (χ0n) is 11.5. The van der Waals surface area contributed by atoms with Crippen molar-refractivity contribution in [2.45, 2.75) is 31.8 Å². The molecular weight excluding hydrogens is 250 g/mol. The van der Waals surface area contributed by atoms with Crippen LogP contribution < -0.4 is 11.1 Å². The second-order valence-corrected chi connectivity index (χ2v) is 6.58. The van der Waals surface area contributed by atoms with Gasteiger partial charge in [-0.25, -0.2) is 0 Å². The van der Waals surface area contributed by atoms with Gasteiger partial charge in [0.2, 0.25) is 0 Å². The van der Waals surface area contributed by atoms with Crippen molar-refractivity contribution in [2.24, 2.45) is 34.6 Å². The van der Waals surface area contributed by atoms with Crippen LogP contribution in [0.15, 0.2) is 29.4 Å². The monoisotopic (exact) mass is 271 g/mol. The molecule has 2 bridgehead atoms. The molecule has 1 aromatic rings. The van der Waals surface area contributed by atoms with Crippen molar-refractivity contribution in [2.75, 3.05) is 0 Å². The molecule has 0 amide bonds. The lowest BCUT2D eigenvalue weighted by Crippen LogP contribution is -2.22. The van der Waals surface area contributed by atoms with Crippen molar-refractivity contribution in [1.29, 1.82) is 0 Å². The molecule has 0 aliphatic heterocycles. The Bertz CT molecular complexity index is 523. The molecule has 3 saturated carbocycles. The Morgan fingerprint density at radius 1 is 1.20 bits per heavy atom. The van der Waals surface area contributed by atoms with Gasteiger partial charge in [0.25, 0.3) is 0 Å². The van der Waals surface area contributed by atoms with Crippen LogP contribution in [0.3, 0.4) is 0 Å². The van der Waals surface area contributed by atoms with Crippen LogP contribution in [0.25, 0.3) is 0 Å². The zero-order valence-corrected chi connectivity index (χ0v) is 11.5. The van der Waals surface area contributed by atoms with Crippen LogP contribution in [0.1, 0.15) is 30.4 Å². The van der Waals surface area contributed by atoms with Crippen molar-refractivity contribution < 1.29 is 5.21 Å². The highest BCUT2D eigenvalue weighted by Crippen LogP contribution is 2.65. The lowest BCUT2D eigenvalue weighted by Gasteiger charge is -2.10. The summed E-state index contributed by atoms with van der Waals surface area (Å²) >= 11 is 0. The molecular formula is C16H21N3O. The van der Waals surface area contributed by atoms with Gasteiger partial charge in [-0.3, -0.25) is 0 Å². The maximum absolute atomic E-state index is 8.64. The number of amidine groups is 1. The van der Waals surface area contributed by atoms with Gasteiger partial charge < -0.3 is 16.3 Å². The largest absolute Gasteiger partial charge is 0.409 e. The molecule has 3 fully saturated rings. The van der Waals surface area contributed by atoms with E-state index in [0.717, 1.165) is 41.8 Å². The van der Waals surface area contributed by atoms with E-state index < -0.39 is 0 Å². The van der Waals surface area contributed by atoms with E-state index >= 15 is 0 Å². The Kier molecular flexibility index (Phi) is 2.74. The standard InChI is InChI=1S/C16H21N3O/c17-16(19-20)10-3-1-9(2-4-10)8-18-15-13-11-5-6-12(7-11)14(13)15/h1-4,11-15,18,20H,5-8H2,(H2,17,19). The molecule has 4 atom stereocenters. The van der Waals surface area contributed by atoms with Crippen molar-refractivity contribution in [1.82, 2.24) is 5.32 Å². The van der Waals surface area contributed by atoms with Gasteiger partial charge >= 0.3 is 0 Å². The van der Waals surface area contributed by atoms with E-state index in [9.17, 15) is 0 Å². The molecule has 4 unspecified atom stereocenters. The minimum Gasteiger partial charge on any atom is -0.409 e. The molecule has 0 saturated heterocycles. The van der Waals surface area contributed by atoms with Crippen LogP contribution in [0, 0.1) is 23.7 Å². The summed E-state index contributed by atoms with van der Waals surface area (Å²) in [4.78, 5) is 0. The summed E-state index contributed by atoms with van der Waals surface area (Å²) < 4.78 is 0. The summed E-state index contributed by atoms with van der Waals surface area (Å²) in [5.74, 6) is 4.16. The molecule has 106 valence electrons. The lowest BCUT2D eigenvalue weighted by atomic mass is 10.0. The first-order valence-corrected chi connectivity index (χ1v) is 7.58. The third-order valence-electron chi connectivity index (χ3n) is 5.63. The quantitative estimate of drug-likeness (QED) is 0.339. The highest BCUT2D eigenvalue weighted by Gasteiger charge is 2.64.